The van der Waals surface area contributed by atoms with Crippen molar-refractivity contribution in [3.8, 4) is 0 Å². The van der Waals surface area contributed by atoms with E-state index in [0.717, 1.165) is 0 Å². The van der Waals surface area contributed by atoms with Crippen LogP contribution >= 0.6 is 11.6 Å². The lowest BCUT2D eigenvalue weighted by Gasteiger charge is -2.10. The number of aliphatic hydroxyl groups excluding tert-OH is 1. The van der Waals surface area contributed by atoms with E-state index in [-0.39, 0.29) is 0 Å². The highest BCUT2D eigenvalue weighted by Crippen LogP contribution is 2.24. The number of hydrogen-bond acceptors (Lipinski definition) is 3. The van der Waals surface area contributed by atoms with Crippen LogP contribution in [0.4, 0.5) is 5.82 Å². The lowest BCUT2D eigenvalue weighted by Crippen LogP contribution is -2.03. The van der Waals surface area contributed by atoms with Crippen molar-refractivity contribution in [2.24, 2.45) is 0 Å². The number of halogens is 1. The number of aliphatic hydroxyl groups is 1. The van der Waals surface area contributed by atoms with E-state index in [2.05, 4.69) is 11.6 Å². The van der Waals surface area contributed by atoms with Crippen LogP contribution in [0, 0.1) is 0 Å². The van der Waals surface area contributed by atoms with Gasteiger partial charge in [0.25, 0.3) is 0 Å². The summed E-state index contributed by atoms with van der Waals surface area (Å²) in [5.41, 5.74) is 6.11. The Hall–Kier alpha value is -1.06. The molecule has 0 aliphatic heterocycles. The second kappa shape index (κ2) is 4.25. The molecular weight excluding hydrogens is 188 g/mol. The van der Waals surface area contributed by atoms with E-state index >= 15 is 0 Å². The predicted octanol–water partition coefficient (Wildman–Crippen LogP) is 1.93. The standard InChI is InChI=1S/C9H11ClN2O/c1-2-3-8(13)7-4-6(10)5-12-9(7)11/h2,4-5,8,13H,1,3H2,(H2,11,12). The average molecular weight is 199 g/mol. The molecular formula is C9H11ClN2O. The van der Waals surface area contributed by atoms with Gasteiger partial charge in [-0.3, -0.25) is 0 Å². The van der Waals surface area contributed by atoms with Crippen molar-refractivity contribution >= 4 is 17.4 Å². The molecule has 1 heterocycles. The van der Waals surface area contributed by atoms with Crippen LogP contribution in [0.2, 0.25) is 5.02 Å². The van der Waals surface area contributed by atoms with Gasteiger partial charge in [-0.25, -0.2) is 4.98 Å². The molecule has 1 rings (SSSR count). The van der Waals surface area contributed by atoms with Gasteiger partial charge in [-0.1, -0.05) is 17.7 Å². The Balaban J connectivity index is 2.97. The molecule has 1 atom stereocenters. The number of hydrogen-bond donors (Lipinski definition) is 2. The van der Waals surface area contributed by atoms with Gasteiger partial charge in [0, 0.05) is 11.8 Å². The lowest BCUT2D eigenvalue weighted by atomic mass is 10.1. The van der Waals surface area contributed by atoms with Crippen LogP contribution in [0.5, 0.6) is 0 Å². The normalized spacial score (nSPS) is 12.5. The lowest BCUT2D eigenvalue weighted by molar-refractivity contribution is 0.182. The Labute approximate surface area is 81.9 Å². The van der Waals surface area contributed by atoms with Crippen molar-refractivity contribution in [1.29, 1.82) is 0 Å². The fraction of sp³-hybridized carbons (Fsp3) is 0.222. The summed E-state index contributed by atoms with van der Waals surface area (Å²) in [7, 11) is 0. The predicted molar refractivity (Wildman–Crippen MR) is 53.4 cm³/mol. The molecule has 0 aliphatic rings. The molecule has 1 aromatic rings. The van der Waals surface area contributed by atoms with E-state index in [1.807, 2.05) is 0 Å². The zero-order chi connectivity index (χ0) is 9.84. The summed E-state index contributed by atoms with van der Waals surface area (Å²) >= 11 is 5.71. The average Bonchev–Trinajstić information content (AvgIpc) is 2.09. The summed E-state index contributed by atoms with van der Waals surface area (Å²) in [5.74, 6) is 0.304. The Morgan fingerprint density at radius 3 is 3.08 bits per heavy atom. The van der Waals surface area contributed by atoms with Gasteiger partial charge in [0.15, 0.2) is 0 Å². The van der Waals surface area contributed by atoms with Crippen LogP contribution in [-0.4, -0.2) is 10.1 Å². The molecule has 13 heavy (non-hydrogen) atoms. The first kappa shape index (κ1) is 10.0. The van der Waals surface area contributed by atoms with Crippen LogP contribution in [0.15, 0.2) is 24.9 Å². The molecule has 0 radical (unpaired) electrons. The van der Waals surface area contributed by atoms with Gasteiger partial charge in [0.1, 0.15) is 5.82 Å². The highest BCUT2D eigenvalue weighted by molar-refractivity contribution is 6.30. The van der Waals surface area contributed by atoms with Crippen molar-refractivity contribution in [2.45, 2.75) is 12.5 Å². The molecule has 4 heteroatoms. The largest absolute Gasteiger partial charge is 0.388 e. The molecule has 3 nitrogen and oxygen atoms in total. The maximum absolute atomic E-state index is 9.58. The summed E-state index contributed by atoms with van der Waals surface area (Å²) < 4.78 is 0. The number of nitrogen functional groups attached to an aromatic ring is 1. The van der Waals surface area contributed by atoms with Crippen molar-refractivity contribution in [3.05, 3.63) is 35.5 Å². The minimum absolute atomic E-state index is 0.304. The number of anilines is 1. The summed E-state index contributed by atoms with van der Waals surface area (Å²) in [5, 5.41) is 10.0. The monoisotopic (exact) mass is 198 g/mol. The van der Waals surface area contributed by atoms with Gasteiger partial charge < -0.3 is 10.8 Å². The maximum Gasteiger partial charge on any atom is 0.129 e. The quantitative estimate of drug-likeness (QED) is 0.730. The van der Waals surface area contributed by atoms with E-state index in [0.29, 0.717) is 22.8 Å². The van der Waals surface area contributed by atoms with Gasteiger partial charge in [0.2, 0.25) is 0 Å². The minimum atomic E-state index is -0.677. The van der Waals surface area contributed by atoms with Crippen molar-refractivity contribution < 1.29 is 5.11 Å². The number of pyridine rings is 1. The minimum Gasteiger partial charge on any atom is -0.388 e. The highest BCUT2D eigenvalue weighted by Gasteiger charge is 2.10. The number of rotatable bonds is 3. The molecule has 0 spiro atoms. The SMILES string of the molecule is C=CCC(O)c1cc(Cl)cnc1N. The molecule has 0 saturated heterocycles. The van der Waals surface area contributed by atoms with Crippen LogP contribution in [-0.2, 0) is 0 Å². The van der Waals surface area contributed by atoms with E-state index in [4.69, 9.17) is 17.3 Å². The van der Waals surface area contributed by atoms with Gasteiger partial charge in [-0.2, -0.15) is 0 Å². The smallest absolute Gasteiger partial charge is 0.129 e. The Kier molecular flexibility index (Phi) is 3.28. The summed E-state index contributed by atoms with van der Waals surface area (Å²) in [4.78, 5) is 3.83. The highest BCUT2D eigenvalue weighted by atomic mass is 35.5. The van der Waals surface area contributed by atoms with Crippen LogP contribution in [0.3, 0.4) is 0 Å². The summed E-state index contributed by atoms with van der Waals surface area (Å²) in [6, 6.07) is 1.61. The molecule has 0 fully saturated rings. The summed E-state index contributed by atoms with van der Waals surface area (Å²) in [6.45, 7) is 3.52. The molecule has 3 N–H and O–H groups in total. The van der Waals surface area contributed by atoms with E-state index in [1.165, 1.54) is 6.20 Å². The third-order valence-corrected chi connectivity index (χ3v) is 1.87. The van der Waals surface area contributed by atoms with E-state index in [9.17, 15) is 5.11 Å². The van der Waals surface area contributed by atoms with Gasteiger partial charge >= 0.3 is 0 Å². The van der Waals surface area contributed by atoms with Crippen LogP contribution < -0.4 is 5.73 Å². The maximum atomic E-state index is 9.58. The fourth-order valence-electron chi connectivity index (χ4n) is 1.02. The zero-order valence-electron chi connectivity index (χ0n) is 7.07. The first-order valence-electron chi connectivity index (χ1n) is 3.85. The van der Waals surface area contributed by atoms with E-state index in [1.54, 1.807) is 12.1 Å². The van der Waals surface area contributed by atoms with Crippen LogP contribution in [0.1, 0.15) is 18.1 Å². The molecule has 1 unspecified atom stereocenters. The molecule has 0 saturated carbocycles. The van der Waals surface area contributed by atoms with Gasteiger partial charge in [0.05, 0.1) is 11.1 Å². The molecule has 0 bridgehead atoms. The zero-order valence-corrected chi connectivity index (χ0v) is 7.83. The number of aromatic nitrogens is 1. The van der Waals surface area contributed by atoms with Gasteiger partial charge in [-0.15, -0.1) is 6.58 Å². The number of nitrogens with two attached hydrogens (primary N) is 1. The van der Waals surface area contributed by atoms with Crippen LogP contribution in [0.25, 0.3) is 0 Å². The first-order chi connectivity index (χ1) is 6.15. The second-order valence-corrected chi connectivity index (χ2v) is 3.10. The molecule has 0 amide bonds. The molecule has 1 aromatic heterocycles. The topological polar surface area (TPSA) is 59.1 Å². The molecule has 0 aliphatic carbocycles. The van der Waals surface area contributed by atoms with E-state index < -0.39 is 6.10 Å². The Morgan fingerprint density at radius 1 is 1.77 bits per heavy atom. The third-order valence-electron chi connectivity index (χ3n) is 1.67. The Morgan fingerprint density at radius 2 is 2.46 bits per heavy atom. The summed E-state index contributed by atoms with van der Waals surface area (Å²) in [6.07, 6.45) is 2.82. The van der Waals surface area contributed by atoms with Gasteiger partial charge in [-0.05, 0) is 12.5 Å². The third kappa shape index (κ3) is 2.44. The molecule has 0 aromatic carbocycles. The Bertz CT molecular complexity index is 314. The molecule has 70 valence electrons. The second-order valence-electron chi connectivity index (χ2n) is 2.67. The fourth-order valence-corrected chi connectivity index (χ4v) is 1.18. The van der Waals surface area contributed by atoms with Crippen molar-refractivity contribution in [1.82, 2.24) is 4.98 Å². The van der Waals surface area contributed by atoms with Crippen molar-refractivity contribution in [2.75, 3.05) is 5.73 Å². The first-order valence-corrected chi connectivity index (χ1v) is 4.23. The van der Waals surface area contributed by atoms with Crippen molar-refractivity contribution in [3.63, 3.8) is 0 Å². The number of nitrogens with zero attached hydrogens (tertiary/aromatic N) is 1.